The van der Waals surface area contributed by atoms with Crippen LogP contribution in [0.15, 0.2) is 59.8 Å². The van der Waals surface area contributed by atoms with Crippen LogP contribution in [0.3, 0.4) is 0 Å². The Morgan fingerprint density at radius 2 is 1.78 bits per heavy atom. The third-order valence-electron chi connectivity index (χ3n) is 4.28. The average Bonchev–Trinajstić information content (AvgIpc) is 2.62. The van der Waals surface area contributed by atoms with Gasteiger partial charge in [0, 0.05) is 27.0 Å². The van der Waals surface area contributed by atoms with Crippen molar-refractivity contribution in [1.82, 2.24) is 5.32 Å². The van der Waals surface area contributed by atoms with E-state index in [0.717, 1.165) is 5.69 Å². The summed E-state index contributed by atoms with van der Waals surface area (Å²) in [5.41, 5.74) is 2.53. The van der Waals surface area contributed by atoms with Gasteiger partial charge in [-0.05, 0) is 50.3 Å². The Morgan fingerprint density at radius 1 is 1.15 bits per heavy atom. The highest BCUT2D eigenvalue weighted by Crippen LogP contribution is 2.39. The zero-order chi connectivity index (χ0) is 19.6. The molecule has 140 valence electrons. The molecule has 0 aliphatic carbocycles. The van der Waals surface area contributed by atoms with E-state index in [2.05, 4.69) is 5.32 Å². The van der Waals surface area contributed by atoms with Crippen LogP contribution in [-0.4, -0.2) is 17.7 Å². The molecule has 7 heteroatoms. The van der Waals surface area contributed by atoms with Crippen LogP contribution in [0.1, 0.15) is 25.5 Å². The summed E-state index contributed by atoms with van der Waals surface area (Å²) in [6.07, 6.45) is 0. The van der Waals surface area contributed by atoms with Crippen LogP contribution < -0.4 is 10.2 Å². The lowest BCUT2D eigenvalue weighted by atomic mass is 9.94. The Bertz CT molecular complexity index is 895. The summed E-state index contributed by atoms with van der Waals surface area (Å²) in [6, 6.07) is 14.2. The van der Waals surface area contributed by atoms with Gasteiger partial charge in [0.05, 0.1) is 18.2 Å². The van der Waals surface area contributed by atoms with E-state index in [1.165, 1.54) is 0 Å². The second kappa shape index (κ2) is 8.30. The third kappa shape index (κ3) is 3.81. The van der Waals surface area contributed by atoms with Crippen molar-refractivity contribution in [3.63, 3.8) is 0 Å². The average molecular weight is 421 g/mol. The van der Waals surface area contributed by atoms with Crippen LogP contribution in [0.4, 0.5) is 5.69 Å². The number of carbonyl (C=O) groups is 1. The number of halogens is 2. The minimum absolute atomic E-state index is 0.258. The number of hydrogen-bond acceptors (Lipinski definition) is 3. The molecule has 0 bridgehead atoms. The van der Waals surface area contributed by atoms with Crippen molar-refractivity contribution in [2.24, 2.45) is 0 Å². The quantitative estimate of drug-likeness (QED) is 0.538. The molecular weight excluding hydrogens is 403 g/mol. The molecule has 3 rings (SSSR count). The monoisotopic (exact) mass is 420 g/mol. The summed E-state index contributed by atoms with van der Waals surface area (Å²) in [7, 11) is 0. The molecular formula is C20H18Cl2N2O2S. The highest BCUT2D eigenvalue weighted by atomic mass is 35.5. The normalized spacial score (nSPS) is 17.0. The largest absolute Gasteiger partial charge is 0.463 e. The van der Waals surface area contributed by atoms with Gasteiger partial charge in [-0.25, -0.2) is 4.79 Å². The smallest absolute Gasteiger partial charge is 0.338 e. The fourth-order valence-electron chi connectivity index (χ4n) is 3.11. The highest BCUT2D eigenvalue weighted by Gasteiger charge is 2.37. The maximum absolute atomic E-state index is 12.8. The molecule has 0 fully saturated rings. The van der Waals surface area contributed by atoms with Crippen LogP contribution in [0.5, 0.6) is 0 Å². The van der Waals surface area contributed by atoms with Gasteiger partial charge in [-0.3, -0.25) is 4.90 Å². The van der Waals surface area contributed by atoms with Gasteiger partial charge in [0.1, 0.15) is 0 Å². The first-order valence-electron chi connectivity index (χ1n) is 8.43. The van der Waals surface area contributed by atoms with Crippen LogP contribution in [0, 0.1) is 0 Å². The van der Waals surface area contributed by atoms with Crippen molar-refractivity contribution in [1.29, 1.82) is 0 Å². The summed E-state index contributed by atoms with van der Waals surface area (Å²) >= 11 is 18.4. The standard InChI is InChI=1S/C20H18Cl2N2O2S/c1-3-26-19(25)16-12(2)24(13-8-5-4-6-9-13)20(27)23-18(16)17-14(21)10-7-11-15(17)22/h4-11,18H,3H2,1-2H3,(H,23,27)/t18-/m0/s1. The number of hydrogen-bond donors (Lipinski definition) is 1. The fourth-order valence-corrected chi connectivity index (χ4v) is 4.08. The lowest BCUT2D eigenvalue weighted by molar-refractivity contribution is -0.139. The van der Waals surface area contributed by atoms with Gasteiger partial charge >= 0.3 is 5.97 Å². The second-order valence-corrected chi connectivity index (χ2v) is 7.11. The van der Waals surface area contributed by atoms with Crippen molar-refractivity contribution in [2.75, 3.05) is 11.5 Å². The Kier molecular flexibility index (Phi) is 6.05. The molecule has 0 amide bonds. The van der Waals surface area contributed by atoms with Crippen LogP contribution in [0.2, 0.25) is 10.0 Å². The van der Waals surface area contributed by atoms with Gasteiger partial charge in [0.15, 0.2) is 5.11 Å². The first-order valence-corrected chi connectivity index (χ1v) is 9.59. The molecule has 0 saturated heterocycles. The number of nitrogens with zero attached hydrogens (tertiary/aromatic N) is 1. The maximum Gasteiger partial charge on any atom is 0.338 e. The van der Waals surface area contributed by atoms with Gasteiger partial charge in [-0.2, -0.15) is 0 Å². The number of rotatable bonds is 4. The molecule has 0 spiro atoms. The number of nitrogens with one attached hydrogen (secondary N) is 1. The SMILES string of the molecule is CCOC(=O)C1=C(C)N(c2ccccc2)C(=S)N[C@@H]1c1c(Cl)cccc1Cl. The van der Waals surface area contributed by atoms with Crippen molar-refractivity contribution in [3.05, 3.63) is 75.4 Å². The number of carbonyl (C=O) groups excluding carboxylic acids is 1. The summed E-state index contributed by atoms with van der Waals surface area (Å²) < 4.78 is 5.31. The molecule has 1 aliphatic rings. The van der Waals surface area contributed by atoms with Gasteiger partial charge in [-0.15, -0.1) is 0 Å². The molecule has 1 aliphatic heterocycles. The number of benzene rings is 2. The number of allylic oxidation sites excluding steroid dienone is 1. The minimum Gasteiger partial charge on any atom is -0.463 e. The van der Waals surface area contributed by atoms with Gasteiger partial charge in [-0.1, -0.05) is 47.5 Å². The topological polar surface area (TPSA) is 41.6 Å². The minimum atomic E-state index is -0.599. The Balaban J connectivity index is 2.19. The molecule has 0 saturated carbocycles. The van der Waals surface area contributed by atoms with Gasteiger partial charge in [0.25, 0.3) is 0 Å². The maximum atomic E-state index is 12.8. The summed E-state index contributed by atoms with van der Waals surface area (Å²) in [6.45, 7) is 3.86. The number of thiocarbonyl (C=S) groups is 1. The lowest BCUT2D eigenvalue weighted by Gasteiger charge is -2.38. The van der Waals surface area contributed by atoms with Crippen LogP contribution in [-0.2, 0) is 9.53 Å². The number of para-hydroxylation sites is 1. The van der Waals surface area contributed by atoms with E-state index in [0.29, 0.717) is 32.0 Å². The zero-order valence-corrected chi connectivity index (χ0v) is 17.2. The van der Waals surface area contributed by atoms with Crippen LogP contribution in [0.25, 0.3) is 0 Å². The predicted molar refractivity (Wildman–Crippen MR) is 113 cm³/mol. The van der Waals surface area contributed by atoms with Crippen molar-refractivity contribution >= 4 is 52.2 Å². The molecule has 0 radical (unpaired) electrons. The van der Waals surface area contributed by atoms with E-state index in [4.69, 9.17) is 40.2 Å². The van der Waals surface area contributed by atoms with E-state index in [-0.39, 0.29) is 6.61 Å². The molecule has 2 aromatic carbocycles. The molecule has 1 atom stereocenters. The molecule has 1 N–H and O–H groups in total. The number of anilines is 1. The Hall–Kier alpha value is -2.08. The first-order chi connectivity index (χ1) is 13.0. The van der Waals surface area contributed by atoms with Crippen LogP contribution >= 0.6 is 35.4 Å². The fraction of sp³-hybridized carbons (Fsp3) is 0.200. The molecule has 0 aromatic heterocycles. The molecule has 0 unspecified atom stereocenters. The third-order valence-corrected chi connectivity index (χ3v) is 5.24. The number of ether oxygens (including phenoxy) is 1. The summed E-state index contributed by atoms with van der Waals surface area (Å²) in [5.74, 6) is -0.438. The first kappa shape index (κ1) is 19.7. The van der Waals surface area contributed by atoms with Crippen molar-refractivity contribution < 1.29 is 9.53 Å². The van der Waals surface area contributed by atoms with Crippen molar-refractivity contribution in [2.45, 2.75) is 19.9 Å². The zero-order valence-electron chi connectivity index (χ0n) is 14.8. The molecule has 27 heavy (non-hydrogen) atoms. The van der Waals surface area contributed by atoms with E-state index in [9.17, 15) is 4.79 Å². The molecule has 2 aromatic rings. The van der Waals surface area contributed by atoms with E-state index < -0.39 is 12.0 Å². The van der Waals surface area contributed by atoms with E-state index in [1.807, 2.05) is 42.2 Å². The predicted octanol–water partition coefficient (Wildman–Crippen LogP) is 5.27. The summed E-state index contributed by atoms with van der Waals surface area (Å²) in [4.78, 5) is 14.6. The van der Waals surface area contributed by atoms with E-state index in [1.54, 1.807) is 25.1 Å². The summed E-state index contributed by atoms with van der Waals surface area (Å²) in [5, 5.41) is 4.56. The van der Waals surface area contributed by atoms with Gasteiger partial charge < -0.3 is 10.1 Å². The van der Waals surface area contributed by atoms with Crippen molar-refractivity contribution in [3.8, 4) is 0 Å². The second-order valence-electron chi connectivity index (χ2n) is 5.91. The van der Waals surface area contributed by atoms with Gasteiger partial charge in [0.2, 0.25) is 0 Å². The molecule has 4 nitrogen and oxygen atoms in total. The lowest BCUT2D eigenvalue weighted by Crippen LogP contribution is -2.48. The number of esters is 1. The molecule has 1 heterocycles. The Labute approximate surface area is 173 Å². The highest BCUT2D eigenvalue weighted by molar-refractivity contribution is 7.80. The van der Waals surface area contributed by atoms with E-state index >= 15 is 0 Å². The Morgan fingerprint density at radius 3 is 2.37 bits per heavy atom.